The van der Waals surface area contributed by atoms with E-state index in [0.717, 1.165) is 49.0 Å². The van der Waals surface area contributed by atoms with Crippen molar-refractivity contribution in [2.75, 3.05) is 24.5 Å². The van der Waals surface area contributed by atoms with Crippen LogP contribution in [0.4, 0.5) is 5.82 Å². The Bertz CT molecular complexity index is 1110. The lowest BCUT2D eigenvalue weighted by molar-refractivity contribution is 0.477. The van der Waals surface area contributed by atoms with E-state index < -0.39 is 10.0 Å². The Morgan fingerprint density at radius 3 is 2.38 bits per heavy atom. The molecule has 2 aliphatic heterocycles. The van der Waals surface area contributed by atoms with Crippen LogP contribution in [-0.2, 0) is 23.1 Å². The first-order chi connectivity index (χ1) is 14.1. The highest BCUT2D eigenvalue weighted by Crippen LogP contribution is 2.25. The standard InChI is InChI=1S/C20H22N6O2S/c27-29(28,25-10-4-5-11-25)17-8-9-18(21-14-17)24-12-13-26-19(15-24)22-23-20(26)16-6-2-1-3-7-16/h1-3,6-9,14H,4-5,10-13,15H2. The van der Waals surface area contributed by atoms with Gasteiger partial charge in [0.1, 0.15) is 10.7 Å². The minimum absolute atomic E-state index is 0.259. The fourth-order valence-corrected chi connectivity index (χ4v) is 5.41. The zero-order valence-corrected chi connectivity index (χ0v) is 16.8. The molecule has 4 heterocycles. The fraction of sp³-hybridized carbons (Fsp3) is 0.350. The average Bonchev–Trinajstić information content (AvgIpc) is 3.44. The molecular formula is C20H22N6O2S. The second-order valence-corrected chi connectivity index (χ2v) is 9.28. The molecule has 0 spiro atoms. The van der Waals surface area contributed by atoms with E-state index in [9.17, 15) is 8.42 Å². The molecular weight excluding hydrogens is 388 g/mol. The summed E-state index contributed by atoms with van der Waals surface area (Å²) in [5.74, 6) is 2.51. The smallest absolute Gasteiger partial charge is 0.244 e. The van der Waals surface area contributed by atoms with Gasteiger partial charge in [0.15, 0.2) is 11.6 Å². The molecule has 0 aliphatic carbocycles. The Kier molecular flexibility index (Phi) is 4.56. The SMILES string of the molecule is O=S(=O)(c1ccc(N2CCn3c(nnc3-c3ccccc3)C2)nc1)N1CCCC1. The van der Waals surface area contributed by atoms with Crippen molar-refractivity contribution in [3.05, 3.63) is 54.5 Å². The van der Waals surface area contributed by atoms with Gasteiger partial charge in [0, 0.05) is 37.9 Å². The summed E-state index contributed by atoms with van der Waals surface area (Å²) in [4.78, 5) is 6.80. The number of pyridine rings is 1. The van der Waals surface area contributed by atoms with Crippen LogP contribution in [0.15, 0.2) is 53.6 Å². The van der Waals surface area contributed by atoms with Gasteiger partial charge >= 0.3 is 0 Å². The lowest BCUT2D eigenvalue weighted by Crippen LogP contribution is -2.34. The minimum Gasteiger partial charge on any atom is -0.347 e. The van der Waals surface area contributed by atoms with E-state index in [0.29, 0.717) is 19.6 Å². The second kappa shape index (κ2) is 7.23. The van der Waals surface area contributed by atoms with Crippen LogP contribution in [0.3, 0.4) is 0 Å². The molecule has 0 radical (unpaired) electrons. The third kappa shape index (κ3) is 3.30. The first-order valence-electron chi connectivity index (χ1n) is 9.81. The molecule has 0 N–H and O–H groups in total. The zero-order chi connectivity index (χ0) is 19.8. The maximum absolute atomic E-state index is 12.7. The summed E-state index contributed by atoms with van der Waals surface area (Å²) in [5.41, 5.74) is 1.05. The van der Waals surface area contributed by atoms with E-state index in [1.54, 1.807) is 12.1 Å². The first-order valence-corrected chi connectivity index (χ1v) is 11.3. The molecule has 0 unspecified atom stereocenters. The van der Waals surface area contributed by atoms with Crippen molar-refractivity contribution in [2.24, 2.45) is 0 Å². The highest BCUT2D eigenvalue weighted by atomic mass is 32.2. The summed E-state index contributed by atoms with van der Waals surface area (Å²) in [7, 11) is -3.44. The van der Waals surface area contributed by atoms with Crippen LogP contribution in [0.5, 0.6) is 0 Å². The van der Waals surface area contributed by atoms with Crippen LogP contribution >= 0.6 is 0 Å². The van der Waals surface area contributed by atoms with Gasteiger partial charge in [-0.3, -0.25) is 0 Å². The van der Waals surface area contributed by atoms with Crippen LogP contribution < -0.4 is 4.90 Å². The van der Waals surface area contributed by atoms with Crippen LogP contribution in [0.25, 0.3) is 11.4 Å². The molecule has 0 saturated carbocycles. The fourth-order valence-electron chi connectivity index (χ4n) is 3.94. The Labute approximate surface area is 169 Å². The Hall–Kier alpha value is -2.78. The quantitative estimate of drug-likeness (QED) is 0.655. The van der Waals surface area contributed by atoms with Gasteiger partial charge in [-0.2, -0.15) is 4.31 Å². The topological polar surface area (TPSA) is 84.2 Å². The van der Waals surface area contributed by atoms with E-state index in [-0.39, 0.29) is 4.90 Å². The normalized spacial score (nSPS) is 17.4. The third-order valence-electron chi connectivity index (χ3n) is 5.53. The summed E-state index contributed by atoms with van der Waals surface area (Å²) < 4.78 is 29.0. The van der Waals surface area contributed by atoms with Crippen molar-refractivity contribution in [3.63, 3.8) is 0 Å². The van der Waals surface area contributed by atoms with Gasteiger partial charge in [-0.25, -0.2) is 13.4 Å². The third-order valence-corrected chi connectivity index (χ3v) is 7.41. The Morgan fingerprint density at radius 2 is 1.66 bits per heavy atom. The molecule has 8 nitrogen and oxygen atoms in total. The number of aromatic nitrogens is 4. The summed E-state index contributed by atoms with van der Waals surface area (Å²) in [6, 6.07) is 13.5. The number of fused-ring (bicyclic) bond motifs is 1. The van der Waals surface area contributed by atoms with Crippen LogP contribution in [0.1, 0.15) is 18.7 Å². The molecule has 150 valence electrons. The molecule has 1 aromatic carbocycles. The second-order valence-electron chi connectivity index (χ2n) is 7.34. The van der Waals surface area contributed by atoms with Gasteiger partial charge in [0.25, 0.3) is 0 Å². The maximum atomic E-state index is 12.7. The van der Waals surface area contributed by atoms with E-state index in [4.69, 9.17) is 0 Å². The Balaban J connectivity index is 1.35. The molecule has 0 amide bonds. The molecule has 2 aromatic heterocycles. The van der Waals surface area contributed by atoms with Crippen molar-refractivity contribution in [1.82, 2.24) is 24.1 Å². The molecule has 1 fully saturated rings. The van der Waals surface area contributed by atoms with Crippen molar-refractivity contribution in [3.8, 4) is 11.4 Å². The van der Waals surface area contributed by atoms with E-state index >= 15 is 0 Å². The molecule has 0 bridgehead atoms. The van der Waals surface area contributed by atoms with Crippen LogP contribution in [0, 0.1) is 0 Å². The average molecular weight is 411 g/mol. The van der Waals surface area contributed by atoms with Crippen LogP contribution in [-0.4, -0.2) is 52.1 Å². The molecule has 3 aromatic rings. The predicted octanol–water partition coefficient (Wildman–Crippen LogP) is 2.14. The molecule has 9 heteroatoms. The number of anilines is 1. The van der Waals surface area contributed by atoms with Gasteiger partial charge in [0.2, 0.25) is 10.0 Å². The summed E-state index contributed by atoms with van der Waals surface area (Å²) in [6.45, 7) is 3.29. The largest absolute Gasteiger partial charge is 0.347 e. The monoisotopic (exact) mass is 410 g/mol. The van der Waals surface area contributed by atoms with Gasteiger partial charge in [0.05, 0.1) is 6.54 Å². The number of hydrogen-bond acceptors (Lipinski definition) is 6. The van der Waals surface area contributed by atoms with Gasteiger partial charge in [-0.05, 0) is 25.0 Å². The van der Waals surface area contributed by atoms with Crippen molar-refractivity contribution >= 4 is 15.8 Å². The molecule has 5 rings (SSSR count). The highest BCUT2D eigenvalue weighted by molar-refractivity contribution is 7.89. The van der Waals surface area contributed by atoms with Gasteiger partial charge in [-0.1, -0.05) is 30.3 Å². The Morgan fingerprint density at radius 1 is 0.862 bits per heavy atom. The lowest BCUT2D eigenvalue weighted by atomic mass is 10.2. The number of rotatable bonds is 4. The van der Waals surface area contributed by atoms with Crippen LogP contribution in [0.2, 0.25) is 0 Å². The van der Waals surface area contributed by atoms with E-state index in [1.165, 1.54) is 10.5 Å². The number of sulfonamides is 1. The predicted molar refractivity (Wildman–Crippen MR) is 109 cm³/mol. The van der Waals surface area contributed by atoms with E-state index in [1.807, 2.05) is 30.3 Å². The zero-order valence-electron chi connectivity index (χ0n) is 16.0. The van der Waals surface area contributed by atoms with E-state index in [2.05, 4.69) is 24.6 Å². The first kappa shape index (κ1) is 18.3. The van der Waals surface area contributed by atoms with Gasteiger partial charge < -0.3 is 9.47 Å². The molecule has 0 atom stereocenters. The highest BCUT2D eigenvalue weighted by Gasteiger charge is 2.28. The minimum atomic E-state index is -3.44. The summed E-state index contributed by atoms with van der Waals surface area (Å²) in [5, 5.41) is 8.73. The van der Waals surface area contributed by atoms with Crippen molar-refractivity contribution in [2.45, 2.75) is 30.8 Å². The summed E-state index contributed by atoms with van der Waals surface area (Å²) >= 11 is 0. The maximum Gasteiger partial charge on any atom is 0.244 e. The lowest BCUT2D eigenvalue weighted by Gasteiger charge is -2.29. The summed E-state index contributed by atoms with van der Waals surface area (Å²) in [6.07, 6.45) is 3.31. The number of nitrogens with zero attached hydrogens (tertiary/aromatic N) is 6. The van der Waals surface area contributed by atoms with Crippen molar-refractivity contribution < 1.29 is 8.42 Å². The van der Waals surface area contributed by atoms with Crippen molar-refractivity contribution in [1.29, 1.82) is 0 Å². The molecule has 29 heavy (non-hydrogen) atoms. The number of benzene rings is 1. The molecule has 1 saturated heterocycles. The van der Waals surface area contributed by atoms with Gasteiger partial charge in [-0.15, -0.1) is 10.2 Å². The number of hydrogen-bond donors (Lipinski definition) is 0. The molecule has 2 aliphatic rings.